The summed E-state index contributed by atoms with van der Waals surface area (Å²) in [6.07, 6.45) is 3.21. The second kappa shape index (κ2) is 7.05. The highest BCUT2D eigenvalue weighted by Gasteiger charge is 2.25. The quantitative estimate of drug-likeness (QED) is 0.668. The third-order valence-corrected chi connectivity index (χ3v) is 3.03. The SMILES string of the molecule is C=C(C)CN(CC)CC1CCC(CNC)O1. The highest BCUT2D eigenvalue weighted by molar-refractivity contribution is 4.92. The zero-order chi connectivity index (χ0) is 12.0. The van der Waals surface area contributed by atoms with Crippen molar-refractivity contribution in [3.8, 4) is 0 Å². The number of ether oxygens (including phenoxy) is 1. The summed E-state index contributed by atoms with van der Waals surface area (Å²) in [5, 5.41) is 3.18. The van der Waals surface area contributed by atoms with Crippen molar-refractivity contribution in [2.24, 2.45) is 0 Å². The molecule has 0 spiro atoms. The summed E-state index contributed by atoms with van der Waals surface area (Å²) in [7, 11) is 1.98. The predicted octanol–water partition coefficient (Wildman–Crippen LogP) is 1.65. The Morgan fingerprint density at radius 3 is 2.69 bits per heavy atom. The first-order valence-electron chi connectivity index (χ1n) is 6.32. The Kier molecular flexibility index (Phi) is 6.03. The maximum Gasteiger partial charge on any atom is 0.0707 e. The van der Waals surface area contributed by atoms with Crippen molar-refractivity contribution in [1.82, 2.24) is 10.2 Å². The molecular weight excluding hydrogens is 200 g/mol. The van der Waals surface area contributed by atoms with E-state index in [0.717, 1.165) is 26.2 Å². The van der Waals surface area contributed by atoms with Gasteiger partial charge in [-0.05, 0) is 33.4 Å². The van der Waals surface area contributed by atoms with Crippen LogP contribution in [-0.2, 0) is 4.74 Å². The topological polar surface area (TPSA) is 24.5 Å². The van der Waals surface area contributed by atoms with Gasteiger partial charge >= 0.3 is 0 Å². The average molecular weight is 226 g/mol. The minimum absolute atomic E-state index is 0.414. The molecule has 1 rings (SSSR count). The number of likely N-dealkylation sites (N-methyl/N-ethyl adjacent to an activating group) is 2. The van der Waals surface area contributed by atoms with Crippen LogP contribution in [-0.4, -0.2) is 50.3 Å². The van der Waals surface area contributed by atoms with Crippen molar-refractivity contribution in [2.45, 2.75) is 38.9 Å². The molecule has 1 aliphatic heterocycles. The number of hydrogen-bond acceptors (Lipinski definition) is 3. The second-order valence-electron chi connectivity index (χ2n) is 4.80. The molecule has 2 atom stereocenters. The second-order valence-corrected chi connectivity index (χ2v) is 4.80. The van der Waals surface area contributed by atoms with Crippen LogP contribution in [0.25, 0.3) is 0 Å². The van der Waals surface area contributed by atoms with E-state index in [-0.39, 0.29) is 0 Å². The van der Waals surface area contributed by atoms with Gasteiger partial charge in [-0.15, -0.1) is 0 Å². The van der Waals surface area contributed by atoms with Gasteiger partial charge in [0.2, 0.25) is 0 Å². The van der Waals surface area contributed by atoms with Crippen molar-refractivity contribution < 1.29 is 4.74 Å². The summed E-state index contributed by atoms with van der Waals surface area (Å²) >= 11 is 0. The molecular formula is C13H26N2O. The molecule has 1 fully saturated rings. The van der Waals surface area contributed by atoms with E-state index in [0.29, 0.717) is 12.2 Å². The van der Waals surface area contributed by atoms with Crippen LogP contribution in [0.5, 0.6) is 0 Å². The highest BCUT2D eigenvalue weighted by atomic mass is 16.5. The van der Waals surface area contributed by atoms with Crippen LogP contribution in [0.4, 0.5) is 0 Å². The normalized spacial score (nSPS) is 25.2. The van der Waals surface area contributed by atoms with Crippen LogP contribution < -0.4 is 5.32 Å². The number of hydrogen-bond donors (Lipinski definition) is 1. The standard InChI is InChI=1S/C13H26N2O/c1-5-15(9-11(2)3)10-13-7-6-12(16-13)8-14-4/h12-14H,2,5-10H2,1,3-4H3. The zero-order valence-corrected chi connectivity index (χ0v) is 11.0. The van der Waals surface area contributed by atoms with Crippen molar-refractivity contribution >= 4 is 0 Å². The van der Waals surface area contributed by atoms with Gasteiger partial charge in [-0.25, -0.2) is 0 Å². The fraction of sp³-hybridized carbons (Fsp3) is 0.846. The first kappa shape index (κ1) is 13.7. The van der Waals surface area contributed by atoms with E-state index in [1.54, 1.807) is 0 Å². The summed E-state index contributed by atoms with van der Waals surface area (Å²) in [6.45, 7) is 12.3. The van der Waals surface area contributed by atoms with Crippen LogP contribution in [0.3, 0.4) is 0 Å². The van der Waals surface area contributed by atoms with Crippen LogP contribution in [0.1, 0.15) is 26.7 Å². The molecule has 0 aromatic rings. The lowest BCUT2D eigenvalue weighted by Gasteiger charge is -2.24. The monoisotopic (exact) mass is 226 g/mol. The third kappa shape index (κ3) is 4.64. The maximum atomic E-state index is 5.98. The summed E-state index contributed by atoms with van der Waals surface area (Å²) < 4.78 is 5.98. The third-order valence-electron chi connectivity index (χ3n) is 3.03. The fourth-order valence-corrected chi connectivity index (χ4v) is 2.27. The van der Waals surface area contributed by atoms with Crippen molar-refractivity contribution in [3.05, 3.63) is 12.2 Å². The van der Waals surface area contributed by atoms with E-state index < -0.39 is 0 Å². The van der Waals surface area contributed by atoms with Gasteiger partial charge < -0.3 is 10.1 Å². The Morgan fingerprint density at radius 2 is 2.12 bits per heavy atom. The fourth-order valence-electron chi connectivity index (χ4n) is 2.27. The molecule has 0 aliphatic carbocycles. The molecule has 1 N–H and O–H groups in total. The Morgan fingerprint density at radius 1 is 1.44 bits per heavy atom. The summed E-state index contributed by atoms with van der Waals surface area (Å²) in [6, 6.07) is 0. The Balaban J connectivity index is 2.28. The summed E-state index contributed by atoms with van der Waals surface area (Å²) in [4.78, 5) is 2.41. The summed E-state index contributed by atoms with van der Waals surface area (Å²) in [5.41, 5.74) is 1.23. The van der Waals surface area contributed by atoms with Crippen LogP contribution in [0.2, 0.25) is 0 Å². The van der Waals surface area contributed by atoms with Gasteiger partial charge in [0.1, 0.15) is 0 Å². The Hall–Kier alpha value is -0.380. The van der Waals surface area contributed by atoms with Gasteiger partial charge in [-0.3, -0.25) is 4.90 Å². The Labute approximate surface area is 99.8 Å². The number of rotatable bonds is 7. The van der Waals surface area contributed by atoms with Gasteiger partial charge in [0.15, 0.2) is 0 Å². The lowest BCUT2D eigenvalue weighted by atomic mass is 10.2. The van der Waals surface area contributed by atoms with Crippen LogP contribution >= 0.6 is 0 Å². The van der Waals surface area contributed by atoms with Crippen LogP contribution in [0, 0.1) is 0 Å². The van der Waals surface area contributed by atoms with Crippen molar-refractivity contribution in [3.63, 3.8) is 0 Å². The molecule has 0 radical (unpaired) electrons. The first-order chi connectivity index (χ1) is 7.65. The first-order valence-corrected chi connectivity index (χ1v) is 6.32. The van der Waals surface area contributed by atoms with Crippen molar-refractivity contribution in [1.29, 1.82) is 0 Å². The molecule has 3 heteroatoms. The molecule has 0 amide bonds. The molecule has 2 unspecified atom stereocenters. The molecule has 16 heavy (non-hydrogen) atoms. The molecule has 1 heterocycles. The van der Waals surface area contributed by atoms with E-state index in [1.165, 1.54) is 18.4 Å². The molecule has 0 saturated carbocycles. The lowest BCUT2D eigenvalue weighted by Crippen LogP contribution is -2.34. The van der Waals surface area contributed by atoms with Gasteiger partial charge in [0.05, 0.1) is 12.2 Å². The molecule has 0 bridgehead atoms. The molecule has 3 nitrogen and oxygen atoms in total. The lowest BCUT2D eigenvalue weighted by molar-refractivity contribution is 0.0267. The minimum atomic E-state index is 0.414. The predicted molar refractivity (Wildman–Crippen MR) is 68.7 cm³/mol. The van der Waals surface area contributed by atoms with Crippen LogP contribution in [0.15, 0.2) is 12.2 Å². The van der Waals surface area contributed by atoms with E-state index in [2.05, 4.69) is 30.6 Å². The largest absolute Gasteiger partial charge is 0.372 e. The highest BCUT2D eigenvalue weighted by Crippen LogP contribution is 2.20. The minimum Gasteiger partial charge on any atom is -0.372 e. The van der Waals surface area contributed by atoms with E-state index in [1.807, 2.05) is 7.05 Å². The van der Waals surface area contributed by atoms with Crippen molar-refractivity contribution in [2.75, 3.05) is 33.2 Å². The molecule has 0 aromatic carbocycles. The number of nitrogens with one attached hydrogen (secondary N) is 1. The van der Waals surface area contributed by atoms with E-state index >= 15 is 0 Å². The zero-order valence-electron chi connectivity index (χ0n) is 11.0. The molecule has 1 saturated heterocycles. The van der Waals surface area contributed by atoms with Gasteiger partial charge in [-0.1, -0.05) is 19.1 Å². The molecule has 1 aliphatic rings. The maximum absolute atomic E-state index is 5.98. The van der Waals surface area contributed by atoms with E-state index in [4.69, 9.17) is 4.74 Å². The van der Waals surface area contributed by atoms with E-state index in [9.17, 15) is 0 Å². The summed E-state index contributed by atoms with van der Waals surface area (Å²) in [5.74, 6) is 0. The van der Waals surface area contributed by atoms with Gasteiger partial charge in [0, 0.05) is 19.6 Å². The van der Waals surface area contributed by atoms with Gasteiger partial charge in [-0.2, -0.15) is 0 Å². The Bertz CT molecular complexity index is 218. The average Bonchev–Trinajstić information content (AvgIpc) is 2.64. The molecule has 0 aromatic heterocycles. The smallest absolute Gasteiger partial charge is 0.0707 e. The number of nitrogens with zero attached hydrogens (tertiary/aromatic N) is 1. The van der Waals surface area contributed by atoms with Gasteiger partial charge in [0.25, 0.3) is 0 Å². The molecule has 94 valence electrons.